The number of fused-ring (bicyclic) bond motifs is 1. The molecule has 0 aliphatic carbocycles. The van der Waals surface area contributed by atoms with E-state index in [2.05, 4.69) is 27.1 Å². The van der Waals surface area contributed by atoms with Crippen LogP contribution in [-0.2, 0) is 17.7 Å². The second-order valence-corrected chi connectivity index (χ2v) is 10.4. The molecule has 1 saturated heterocycles. The number of para-hydroxylation sites is 1. The molecule has 0 atom stereocenters. The van der Waals surface area contributed by atoms with E-state index in [0.717, 1.165) is 30.9 Å². The van der Waals surface area contributed by atoms with Crippen LogP contribution in [0.4, 0.5) is 15.6 Å². The van der Waals surface area contributed by atoms with Gasteiger partial charge in [-0.25, -0.2) is 9.78 Å². The first-order valence-corrected chi connectivity index (χ1v) is 11.8. The highest BCUT2D eigenvalue weighted by atomic mass is 32.1. The first kappa shape index (κ1) is 22.5. The highest BCUT2D eigenvalue weighted by Crippen LogP contribution is 2.29. The van der Waals surface area contributed by atoms with Gasteiger partial charge in [0.05, 0.1) is 11.3 Å². The number of ether oxygens (including phenoxy) is 1. The molecule has 8 nitrogen and oxygen atoms in total. The first-order valence-electron chi connectivity index (χ1n) is 11.0. The maximum absolute atomic E-state index is 13.1. The third kappa shape index (κ3) is 5.21. The molecule has 32 heavy (non-hydrogen) atoms. The van der Waals surface area contributed by atoms with Crippen molar-refractivity contribution in [2.75, 3.05) is 50.0 Å². The highest BCUT2D eigenvalue weighted by molar-refractivity contribution is 7.15. The van der Waals surface area contributed by atoms with Gasteiger partial charge in [0, 0.05) is 56.3 Å². The second kappa shape index (κ2) is 9.07. The van der Waals surface area contributed by atoms with Crippen LogP contribution in [-0.4, -0.2) is 72.2 Å². The van der Waals surface area contributed by atoms with E-state index in [1.54, 1.807) is 16.2 Å². The number of amides is 2. The fourth-order valence-corrected chi connectivity index (χ4v) is 5.02. The zero-order valence-electron chi connectivity index (χ0n) is 19.2. The summed E-state index contributed by atoms with van der Waals surface area (Å²) in [5.74, 6) is -0.158. The van der Waals surface area contributed by atoms with Crippen LogP contribution in [0.15, 0.2) is 24.3 Å². The Morgan fingerprint density at radius 3 is 2.53 bits per heavy atom. The van der Waals surface area contributed by atoms with Gasteiger partial charge in [-0.3, -0.25) is 10.1 Å². The van der Waals surface area contributed by atoms with Crippen LogP contribution in [0.3, 0.4) is 0 Å². The normalized spacial score (nSPS) is 17.1. The topological polar surface area (TPSA) is 78.0 Å². The van der Waals surface area contributed by atoms with Gasteiger partial charge in [-0.1, -0.05) is 12.1 Å². The van der Waals surface area contributed by atoms with E-state index in [-0.39, 0.29) is 12.0 Å². The van der Waals surface area contributed by atoms with E-state index in [1.165, 1.54) is 4.88 Å². The molecule has 172 valence electrons. The lowest BCUT2D eigenvalue weighted by Crippen LogP contribution is -2.50. The Hall–Kier alpha value is -2.65. The molecule has 0 radical (unpaired) electrons. The number of benzene rings is 1. The molecule has 1 aromatic carbocycles. The van der Waals surface area contributed by atoms with Crippen LogP contribution in [0.5, 0.6) is 0 Å². The zero-order valence-corrected chi connectivity index (χ0v) is 20.0. The molecule has 0 unspecified atom stereocenters. The predicted octanol–water partition coefficient (Wildman–Crippen LogP) is 3.44. The third-order valence-electron chi connectivity index (χ3n) is 5.56. The van der Waals surface area contributed by atoms with Crippen molar-refractivity contribution < 1.29 is 14.3 Å². The average molecular weight is 458 g/mol. The molecule has 0 bridgehead atoms. The number of likely N-dealkylation sites (N-methyl/N-ethyl adjacent to an activating group) is 1. The molecule has 0 saturated carbocycles. The number of nitrogens with zero attached hydrogens (tertiary/aromatic N) is 4. The predicted molar refractivity (Wildman–Crippen MR) is 127 cm³/mol. The summed E-state index contributed by atoms with van der Waals surface area (Å²) in [7, 11) is 2.10. The number of thiazole rings is 1. The van der Waals surface area contributed by atoms with Gasteiger partial charge >= 0.3 is 6.09 Å². The molecule has 1 aromatic heterocycles. The molecule has 3 heterocycles. The van der Waals surface area contributed by atoms with Gasteiger partial charge in [-0.15, -0.1) is 11.3 Å². The fraction of sp³-hybridized carbons (Fsp3) is 0.522. The standard InChI is InChI=1S/C23H31N5O3S/c1-23(2,3)31-22(30)28-13-11-27(12-14-28)18-8-6-5-7-16(18)20(29)25-21-24-17-9-10-26(4)15-19(17)32-21/h5-8H,9-15H2,1-4H3,(H,24,25,29). The lowest BCUT2D eigenvalue weighted by Gasteiger charge is -2.37. The van der Waals surface area contributed by atoms with Crippen molar-refractivity contribution in [2.45, 2.75) is 39.3 Å². The lowest BCUT2D eigenvalue weighted by molar-refractivity contribution is 0.0240. The van der Waals surface area contributed by atoms with Crippen LogP contribution >= 0.6 is 11.3 Å². The summed E-state index contributed by atoms with van der Waals surface area (Å²) in [6.45, 7) is 9.86. The summed E-state index contributed by atoms with van der Waals surface area (Å²) in [5.41, 5.74) is 2.07. The van der Waals surface area contributed by atoms with Crippen molar-refractivity contribution in [1.82, 2.24) is 14.8 Å². The largest absolute Gasteiger partial charge is 0.444 e. The maximum atomic E-state index is 13.1. The molecule has 2 aliphatic heterocycles. The molecule has 2 aromatic rings. The SMILES string of the molecule is CN1CCc2nc(NC(=O)c3ccccc3N3CCN(C(=O)OC(C)(C)C)CC3)sc2C1. The minimum Gasteiger partial charge on any atom is -0.444 e. The molecular weight excluding hydrogens is 426 g/mol. The van der Waals surface area contributed by atoms with Crippen molar-refractivity contribution in [3.8, 4) is 0 Å². The number of piperazine rings is 1. The van der Waals surface area contributed by atoms with E-state index in [1.807, 2.05) is 45.0 Å². The maximum Gasteiger partial charge on any atom is 0.410 e. The van der Waals surface area contributed by atoms with E-state index in [4.69, 9.17) is 4.74 Å². The quantitative estimate of drug-likeness (QED) is 0.761. The Balaban J connectivity index is 1.42. The number of rotatable bonds is 3. The average Bonchev–Trinajstić information content (AvgIpc) is 3.14. The van der Waals surface area contributed by atoms with E-state index in [0.29, 0.717) is 36.9 Å². The fourth-order valence-electron chi connectivity index (χ4n) is 3.94. The summed E-state index contributed by atoms with van der Waals surface area (Å²) >= 11 is 1.56. The number of carbonyl (C=O) groups excluding carboxylic acids is 2. The van der Waals surface area contributed by atoms with Crippen LogP contribution in [0.1, 0.15) is 41.7 Å². The van der Waals surface area contributed by atoms with Crippen molar-refractivity contribution >= 4 is 34.2 Å². The Morgan fingerprint density at radius 1 is 1.09 bits per heavy atom. The van der Waals surface area contributed by atoms with Gasteiger partial charge in [0.2, 0.25) is 0 Å². The number of carbonyl (C=O) groups is 2. The van der Waals surface area contributed by atoms with Gasteiger partial charge in [0.1, 0.15) is 5.60 Å². The van der Waals surface area contributed by atoms with Crippen LogP contribution in [0.25, 0.3) is 0 Å². The molecule has 4 rings (SSSR count). The van der Waals surface area contributed by atoms with Crippen LogP contribution in [0, 0.1) is 0 Å². The molecule has 1 N–H and O–H groups in total. The Morgan fingerprint density at radius 2 is 1.81 bits per heavy atom. The number of aromatic nitrogens is 1. The Labute approximate surface area is 193 Å². The number of hydrogen-bond donors (Lipinski definition) is 1. The number of hydrogen-bond acceptors (Lipinski definition) is 7. The van der Waals surface area contributed by atoms with Crippen LogP contribution in [0.2, 0.25) is 0 Å². The minimum atomic E-state index is -0.511. The lowest BCUT2D eigenvalue weighted by atomic mass is 10.1. The summed E-state index contributed by atoms with van der Waals surface area (Å²) in [6.07, 6.45) is 0.623. The second-order valence-electron chi connectivity index (χ2n) is 9.30. The van der Waals surface area contributed by atoms with Crippen molar-refractivity contribution in [1.29, 1.82) is 0 Å². The highest BCUT2D eigenvalue weighted by Gasteiger charge is 2.28. The van der Waals surface area contributed by atoms with Crippen molar-refractivity contribution in [3.05, 3.63) is 40.4 Å². The van der Waals surface area contributed by atoms with Gasteiger partial charge in [0.25, 0.3) is 5.91 Å². The first-order chi connectivity index (χ1) is 15.2. The van der Waals surface area contributed by atoms with Gasteiger partial charge in [0.15, 0.2) is 5.13 Å². The van der Waals surface area contributed by atoms with E-state index >= 15 is 0 Å². The van der Waals surface area contributed by atoms with Crippen LogP contribution < -0.4 is 10.2 Å². The molecule has 2 aliphatic rings. The van der Waals surface area contributed by atoms with Gasteiger partial charge in [-0.05, 0) is 40.0 Å². The summed E-state index contributed by atoms with van der Waals surface area (Å²) in [6, 6.07) is 7.60. The summed E-state index contributed by atoms with van der Waals surface area (Å²) < 4.78 is 5.48. The molecule has 0 spiro atoms. The monoisotopic (exact) mass is 457 g/mol. The Bertz CT molecular complexity index is 992. The van der Waals surface area contributed by atoms with Crippen molar-refractivity contribution in [2.24, 2.45) is 0 Å². The van der Waals surface area contributed by atoms with Gasteiger partial charge < -0.3 is 19.4 Å². The number of anilines is 2. The zero-order chi connectivity index (χ0) is 22.9. The Kier molecular flexibility index (Phi) is 6.39. The van der Waals surface area contributed by atoms with E-state index in [9.17, 15) is 9.59 Å². The molecular formula is C23H31N5O3S. The molecule has 9 heteroatoms. The third-order valence-corrected chi connectivity index (χ3v) is 6.56. The van der Waals surface area contributed by atoms with Crippen molar-refractivity contribution in [3.63, 3.8) is 0 Å². The summed E-state index contributed by atoms with van der Waals surface area (Å²) in [5, 5.41) is 3.65. The molecule has 1 fully saturated rings. The smallest absolute Gasteiger partial charge is 0.410 e. The summed E-state index contributed by atoms with van der Waals surface area (Å²) in [4.78, 5) is 37.5. The van der Waals surface area contributed by atoms with Gasteiger partial charge in [-0.2, -0.15) is 0 Å². The van der Waals surface area contributed by atoms with E-state index < -0.39 is 5.60 Å². The minimum absolute atomic E-state index is 0.158. The number of nitrogens with one attached hydrogen (secondary N) is 1. The molecule has 2 amide bonds.